The van der Waals surface area contributed by atoms with Gasteiger partial charge in [-0.15, -0.1) is 0 Å². The van der Waals surface area contributed by atoms with Crippen molar-refractivity contribution in [2.45, 2.75) is 12.3 Å². The molecule has 0 aromatic heterocycles. The fourth-order valence-corrected chi connectivity index (χ4v) is 1.77. The van der Waals surface area contributed by atoms with Gasteiger partial charge in [0, 0.05) is 18.0 Å². The Balaban J connectivity index is 2.81. The molecular weight excluding hydrogens is 272 g/mol. The summed E-state index contributed by atoms with van der Waals surface area (Å²) in [7, 11) is 1.66. The lowest BCUT2D eigenvalue weighted by molar-refractivity contribution is 0.143. The molecule has 1 aromatic rings. The quantitative estimate of drug-likeness (QED) is 0.570. The zero-order chi connectivity index (χ0) is 11.8. The largest absolute Gasteiger partial charge is 0.490 e. The van der Waals surface area contributed by atoms with E-state index in [1.165, 1.54) is 0 Å². The van der Waals surface area contributed by atoms with Crippen LogP contribution < -0.4 is 9.47 Å². The summed E-state index contributed by atoms with van der Waals surface area (Å²) >= 11 is 3.44. The third-order valence-electron chi connectivity index (χ3n) is 2.04. The van der Waals surface area contributed by atoms with Gasteiger partial charge >= 0.3 is 0 Å². The molecule has 0 atom stereocenters. The SMILES string of the molecule is CCOc1cccc(CBr)c1OCCOC. The van der Waals surface area contributed by atoms with Crippen LogP contribution in [0.15, 0.2) is 18.2 Å². The van der Waals surface area contributed by atoms with Gasteiger partial charge in [0.2, 0.25) is 0 Å². The molecule has 0 saturated heterocycles. The molecule has 0 heterocycles. The van der Waals surface area contributed by atoms with Crippen molar-refractivity contribution in [1.29, 1.82) is 0 Å². The van der Waals surface area contributed by atoms with Gasteiger partial charge in [0.05, 0.1) is 13.2 Å². The van der Waals surface area contributed by atoms with Crippen LogP contribution in [-0.2, 0) is 10.1 Å². The summed E-state index contributed by atoms with van der Waals surface area (Å²) in [6, 6.07) is 5.89. The van der Waals surface area contributed by atoms with Gasteiger partial charge in [-0.1, -0.05) is 28.1 Å². The van der Waals surface area contributed by atoms with E-state index in [9.17, 15) is 0 Å². The summed E-state index contributed by atoms with van der Waals surface area (Å²) in [5.74, 6) is 1.59. The van der Waals surface area contributed by atoms with Crippen LogP contribution in [0.25, 0.3) is 0 Å². The lowest BCUT2D eigenvalue weighted by Gasteiger charge is -2.14. The van der Waals surface area contributed by atoms with Crippen molar-refractivity contribution >= 4 is 15.9 Å². The minimum absolute atomic E-state index is 0.528. The van der Waals surface area contributed by atoms with Crippen LogP contribution in [0.1, 0.15) is 12.5 Å². The van der Waals surface area contributed by atoms with Crippen molar-refractivity contribution in [3.05, 3.63) is 23.8 Å². The Labute approximate surface area is 105 Å². The van der Waals surface area contributed by atoms with Crippen LogP contribution in [0, 0.1) is 0 Å². The van der Waals surface area contributed by atoms with Gasteiger partial charge in [0.1, 0.15) is 6.61 Å². The highest BCUT2D eigenvalue weighted by Gasteiger charge is 2.09. The molecule has 3 nitrogen and oxygen atoms in total. The molecule has 90 valence electrons. The van der Waals surface area contributed by atoms with Gasteiger partial charge in [-0.05, 0) is 13.0 Å². The fraction of sp³-hybridized carbons (Fsp3) is 0.500. The van der Waals surface area contributed by atoms with Crippen molar-refractivity contribution in [2.24, 2.45) is 0 Å². The fourth-order valence-electron chi connectivity index (χ4n) is 1.33. The number of hydrogen-bond acceptors (Lipinski definition) is 3. The van der Waals surface area contributed by atoms with Gasteiger partial charge in [-0.3, -0.25) is 0 Å². The van der Waals surface area contributed by atoms with Crippen LogP contribution in [0.2, 0.25) is 0 Å². The average Bonchev–Trinajstić information content (AvgIpc) is 2.31. The smallest absolute Gasteiger partial charge is 0.165 e. The van der Waals surface area contributed by atoms with Gasteiger partial charge in [-0.25, -0.2) is 0 Å². The minimum atomic E-state index is 0.528. The molecule has 0 spiro atoms. The number of rotatable bonds is 7. The van der Waals surface area contributed by atoms with Crippen molar-refractivity contribution in [3.8, 4) is 11.5 Å². The molecule has 1 rings (SSSR count). The molecule has 16 heavy (non-hydrogen) atoms. The Morgan fingerprint density at radius 3 is 2.62 bits per heavy atom. The molecule has 0 aliphatic rings. The second kappa shape index (κ2) is 7.52. The third-order valence-corrected chi connectivity index (χ3v) is 2.64. The highest BCUT2D eigenvalue weighted by molar-refractivity contribution is 9.08. The van der Waals surface area contributed by atoms with Crippen molar-refractivity contribution in [1.82, 2.24) is 0 Å². The lowest BCUT2D eigenvalue weighted by atomic mass is 10.2. The number of alkyl halides is 1. The molecule has 0 amide bonds. The normalized spacial score (nSPS) is 10.2. The molecule has 0 radical (unpaired) electrons. The number of benzene rings is 1. The highest BCUT2D eigenvalue weighted by atomic mass is 79.9. The molecule has 0 N–H and O–H groups in total. The first kappa shape index (κ1) is 13.3. The highest BCUT2D eigenvalue weighted by Crippen LogP contribution is 2.32. The Hall–Kier alpha value is -0.740. The zero-order valence-electron chi connectivity index (χ0n) is 9.66. The molecular formula is C12H17BrO3. The second-order valence-electron chi connectivity index (χ2n) is 3.15. The van der Waals surface area contributed by atoms with E-state index in [2.05, 4.69) is 15.9 Å². The van der Waals surface area contributed by atoms with Crippen LogP contribution in [-0.4, -0.2) is 26.9 Å². The summed E-state index contributed by atoms with van der Waals surface area (Å²) in [5.41, 5.74) is 1.09. The van der Waals surface area contributed by atoms with Gasteiger partial charge < -0.3 is 14.2 Å². The molecule has 0 fully saturated rings. The lowest BCUT2D eigenvalue weighted by Crippen LogP contribution is -2.07. The van der Waals surface area contributed by atoms with E-state index in [0.29, 0.717) is 19.8 Å². The van der Waals surface area contributed by atoms with Crippen LogP contribution in [0.5, 0.6) is 11.5 Å². The summed E-state index contributed by atoms with van der Waals surface area (Å²) in [6.07, 6.45) is 0. The maximum Gasteiger partial charge on any atom is 0.165 e. The van der Waals surface area contributed by atoms with E-state index in [1.54, 1.807) is 7.11 Å². The molecule has 0 aliphatic carbocycles. The molecule has 0 unspecified atom stereocenters. The molecule has 1 aromatic carbocycles. The van der Waals surface area contributed by atoms with Crippen LogP contribution in [0.4, 0.5) is 0 Å². The maximum atomic E-state index is 5.67. The predicted octanol–water partition coefficient (Wildman–Crippen LogP) is 3.01. The van der Waals surface area contributed by atoms with E-state index in [-0.39, 0.29) is 0 Å². The van der Waals surface area contributed by atoms with E-state index in [4.69, 9.17) is 14.2 Å². The summed E-state index contributed by atoms with van der Waals surface area (Å²) < 4.78 is 16.2. The molecule has 4 heteroatoms. The Morgan fingerprint density at radius 1 is 1.19 bits per heavy atom. The van der Waals surface area contributed by atoms with Gasteiger partial charge in [0.25, 0.3) is 0 Å². The van der Waals surface area contributed by atoms with Crippen molar-refractivity contribution in [3.63, 3.8) is 0 Å². The van der Waals surface area contributed by atoms with E-state index < -0.39 is 0 Å². The third kappa shape index (κ3) is 3.68. The predicted molar refractivity (Wildman–Crippen MR) is 67.6 cm³/mol. The van der Waals surface area contributed by atoms with Gasteiger partial charge in [-0.2, -0.15) is 0 Å². The topological polar surface area (TPSA) is 27.7 Å². The standard InChI is InChI=1S/C12H17BrO3/c1-3-15-11-6-4-5-10(9-13)12(11)16-8-7-14-2/h4-6H,3,7-9H2,1-2H3. The minimum Gasteiger partial charge on any atom is -0.490 e. The Bertz CT molecular complexity index is 315. The molecule has 0 bridgehead atoms. The Morgan fingerprint density at radius 2 is 2.00 bits per heavy atom. The number of hydrogen-bond donors (Lipinski definition) is 0. The summed E-state index contributed by atoms with van der Waals surface area (Å²) in [4.78, 5) is 0. The number of methoxy groups -OCH3 is 1. The Kier molecular flexibility index (Phi) is 6.26. The number of ether oxygens (including phenoxy) is 3. The first-order valence-corrected chi connectivity index (χ1v) is 6.38. The number of para-hydroxylation sites is 1. The van der Waals surface area contributed by atoms with E-state index in [1.807, 2.05) is 25.1 Å². The molecule has 0 aliphatic heterocycles. The van der Waals surface area contributed by atoms with Gasteiger partial charge in [0.15, 0.2) is 11.5 Å². The van der Waals surface area contributed by atoms with E-state index in [0.717, 1.165) is 22.4 Å². The van der Waals surface area contributed by atoms with E-state index >= 15 is 0 Å². The monoisotopic (exact) mass is 288 g/mol. The second-order valence-corrected chi connectivity index (χ2v) is 3.71. The average molecular weight is 289 g/mol. The van der Waals surface area contributed by atoms with Crippen molar-refractivity contribution < 1.29 is 14.2 Å². The zero-order valence-corrected chi connectivity index (χ0v) is 11.2. The van der Waals surface area contributed by atoms with Crippen LogP contribution in [0.3, 0.4) is 0 Å². The summed E-state index contributed by atoms with van der Waals surface area (Å²) in [6.45, 7) is 3.69. The first-order chi connectivity index (χ1) is 7.83. The van der Waals surface area contributed by atoms with Crippen molar-refractivity contribution in [2.75, 3.05) is 26.9 Å². The summed E-state index contributed by atoms with van der Waals surface area (Å²) in [5, 5.41) is 0.746. The molecule has 0 saturated carbocycles. The maximum absolute atomic E-state index is 5.67. The first-order valence-electron chi connectivity index (χ1n) is 5.25. The number of halogens is 1. The van der Waals surface area contributed by atoms with Crippen LogP contribution >= 0.6 is 15.9 Å².